The summed E-state index contributed by atoms with van der Waals surface area (Å²) in [6.07, 6.45) is -0.571. The van der Waals surface area contributed by atoms with E-state index in [2.05, 4.69) is 15.4 Å². The molecular formula is C19H22N2O7. The maximum absolute atomic E-state index is 12.2. The molecule has 0 aliphatic heterocycles. The number of rotatable bonds is 8. The van der Waals surface area contributed by atoms with E-state index < -0.39 is 6.09 Å². The predicted octanol–water partition coefficient (Wildman–Crippen LogP) is 2.91. The zero-order chi connectivity index (χ0) is 20.5. The van der Waals surface area contributed by atoms with Crippen LogP contribution in [0.15, 0.2) is 36.4 Å². The fourth-order valence-electron chi connectivity index (χ4n) is 2.30. The van der Waals surface area contributed by atoms with Gasteiger partial charge in [0, 0.05) is 23.5 Å². The molecule has 2 aromatic carbocycles. The van der Waals surface area contributed by atoms with E-state index >= 15 is 0 Å². The van der Waals surface area contributed by atoms with Crippen molar-refractivity contribution in [3.8, 4) is 23.0 Å². The molecule has 0 atom stereocenters. The lowest BCUT2D eigenvalue weighted by atomic mass is 10.2. The van der Waals surface area contributed by atoms with Crippen molar-refractivity contribution in [1.82, 2.24) is 0 Å². The molecule has 0 fully saturated rings. The van der Waals surface area contributed by atoms with Crippen LogP contribution in [0.1, 0.15) is 0 Å². The van der Waals surface area contributed by atoms with Crippen LogP contribution in [-0.4, -0.2) is 47.0 Å². The molecule has 0 saturated heterocycles. The zero-order valence-corrected chi connectivity index (χ0v) is 16.0. The Labute approximate surface area is 162 Å². The first-order valence-corrected chi connectivity index (χ1v) is 8.18. The zero-order valence-electron chi connectivity index (χ0n) is 16.0. The van der Waals surface area contributed by atoms with Gasteiger partial charge in [0.15, 0.2) is 18.1 Å². The summed E-state index contributed by atoms with van der Waals surface area (Å²) in [5.74, 6) is 1.37. The summed E-state index contributed by atoms with van der Waals surface area (Å²) in [5, 5.41) is 5.22. The molecule has 0 aliphatic rings. The highest BCUT2D eigenvalue weighted by Gasteiger charge is 2.14. The van der Waals surface area contributed by atoms with Crippen molar-refractivity contribution in [2.75, 3.05) is 45.7 Å². The summed E-state index contributed by atoms with van der Waals surface area (Å²) >= 11 is 0. The molecule has 9 heteroatoms. The standard InChI is InChI=1S/C19H22N2O7/c1-24-15-9-13(10-16(25-2)18(15)26-3)20-17(22)11-28-14-7-5-12(6-8-14)21-19(23)27-4/h5-10H,11H2,1-4H3,(H,20,22)(H,21,23). The largest absolute Gasteiger partial charge is 0.493 e. The highest BCUT2D eigenvalue weighted by atomic mass is 16.5. The quantitative estimate of drug-likeness (QED) is 0.714. The Kier molecular flexibility index (Phi) is 7.32. The maximum atomic E-state index is 12.2. The van der Waals surface area contributed by atoms with Crippen LogP contribution < -0.4 is 29.6 Å². The van der Waals surface area contributed by atoms with Gasteiger partial charge in [-0.15, -0.1) is 0 Å². The van der Waals surface area contributed by atoms with Crippen LogP contribution in [0.4, 0.5) is 16.2 Å². The van der Waals surface area contributed by atoms with Crippen LogP contribution in [0.5, 0.6) is 23.0 Å². The summed E-state index contributed by atoms with van der Waals surface area (Å²) in [6.45, 7) is -0.208. The molecule has 0 heterocycles. The van der Waals surface area contributed by atoms with Gasteiger partial charge in [0.25, 0.3) is 5.91 Å². The summed E-state index contributed by atoms with van der Waals surface area (Å²) in [6, 6.07) is 9.74. The molecule has 2 amide bonds. The number of anilines is 2. The Morgan fingerprint density at radius 3 is 1.93 bits per heavy atom. The van der Waals surface area contributed by atoms with E-state index in [1.165, 1.54) is 28.4 Å². The molecule has 0 aliphatic carbocycles. The van der Waals surface area contributed by atoms with Gasteiger partial charge in [-0.1, -0.05) is 0 Å². The average molecular weight is 390 g/mol. The van der Waals surface area contributed by atoms with Crippen LogP contribution >= 0.6 is 0 Å². The third-order valence-corrected chi connectivity index (χ3v) is 3.60. The van der Waals surface area contributed by atoms with Gasteiger partial charge < -0.3 is 29.0 Å². The van der Waals surface area contributed by atoms with Crippen molar-refractivity contribution >= 4 is 23.4 Å². The number of hydrogen-bond acceptors (Lipinski definition) is 7. The number of amides is 2. The van der Waals surface area contributed by atoms with Crippen LogP contribution in [0.25, 0.3) is 0 Å². The summed E-state index contributed by atoms with van der Waals surface area (Å²) < 4.78 is 25.7. The Morgan fingerprint density at radius 2 is 1.43 bits per heavy atom. The Hall–Kier alpha value is -3.62. The van der Waals surface area contributed by atoms with Crippen molar-refractivity contribution in [3.63, 3.8) is 0 Å². The lowest BCUT2D eigenvalue weighted by Crippen LogP contribution is -2.20. The minimum atomic E-state index is -0.571. The van der Waals surface area contributed by atoms with Crippen molar-refractivity contribution in [2.24, 2.45) is 0 Å². The van der Waals surface area contributed by atoms with E-state index in [4.69, 9.17) is 18.9 Å². The number of carbonyl (C=O) groups excluding carboxylic acids is 2. The van der Waals surface area contributed by atoms with Crippen molar-refractivity contribution in [2.45, 2.75) is 0 Å². The third kappa shape index (κ3) is 5.44. The molecule has 0 unspecified atom stereocenters. The van der Waals surface area contributed by atoms with Gasteiger partial charge in [-0.25, -0.2) is 4.79 Å². The Balaban J connectivity index is 1.96. The minimum absolute atomic E-state index is 0.208. The van der Waals surface area contributed by atoms with Crippen molar-refractivity contribution in [3.05, 3.63) is 36.4 Å². The second-order valence-electron chi connectivity index (χ2n) is 5.39. The van der Waals surface area contributed by atoms with Crippen molar-refractivity contribution in [1.29, 1.82) is 0 Å². The van der Waals surface area contributed by atoms with E-state index in [1.807, 2.05) is 0 Å². The second-order valence-corrected chi connectivity index (χ2v) is 5.39. The molecule has 0 bridgehead atoms. The number of carbonyl (C=O) groups is 2. The highest BCUT2D eigenvalue weighted by molar-refractivity contribution is 5.92. The smallest absolute Gasteiger partial charge is 0.411 e. The first-order valence-electron chi connectivity index (χ1n) is 8.18. The predicted molar refractivity (Wildman–Crippen MR) is 103 cm³/mol. The maximum Gasteiger partial charge on any atom is 0.411 e. The molecule has 0 radical (unpaired) electrons. The van der Waals surface area contributed by atoms with Gasteiger partial charge in [-0.05, 0) is 24.3 Å². The van der Waals surface area contributed by atoms with Crippen LogP contribution in [-0.2, 0) is 9.53 Å². The van der Waals surface area contributed by atoms with E-state index in [0.29, 0.717) is 34.4 Å². The molecule has 0 aromatic heterocycles. The monoisotopic (exact) mass is 390 g/mol. The van der Waals surface area contributed by atoms with Gasteiger partial charge in [-0.3, -0.25) is 10.1 Å². The minimum Gasteiger partial charge on any atom is -0.493 e. The van der Waals surface area contributed by atoms with E-state index in [1.54, 1.807) is 36.4 Å². The van der Waals surface area contributed by atoms with Gasteiger partial charge in [0.2, 0.25) is 5.75 Å². The van der Waals surface area contributed by atoms with Crippen LogP contribution in [0.2, 0.25) is 0 Å². The average Bonchev–Trinajstić information content (AvgIpc) is 2.72. The van der Waals surface area contributed by atoms with E-state index in [-0.39, 0.29) is 12.5 Å². The molecule has 28 heavy (non-hydrogen) atoms. The molecule has 150 valence electrons. The summed E-state index contributed by atoms with van der Waals surface area (Å²) in [7, 11) is 5.76. The molecule has 0 saturated carbocycles. The molecular weight excluding hydrogens is 368 g/mol. The summed E-state index contributed by atoms with van der Waals surface area (Å²) in [5.41, 5.74) is 1.02. The topological polar surface area (TPSA) is 104 Å². The lowest BCUT2D eigenvalue weighted by molar-refractivity contribution is -0.118. The molecule has 2 aromatic rings. The Bertz CT molecular complexity index is 797. The van der Waals surface area contributed by atoms with E-state index in [0.717, 1.165) is 0 Å². The van der Waals surface area contributed by atoms with Gasteiger partial charge >= 0.3 is 6.09 Å². The molecule has 0 spiro atoms. The Morgan fingerprint density at radius 1 is 0.821 bits per heavy atom. The normalized spacial score (nSPS) is 9.86. The summed E-state index contributed by atoms with van der Waals surface area (Å²) in [4.78, 5) is 23.3. The van der Waals surface area contributed by atoms with E-state index in [9.17, 15) is 9.59 Å². The second kappa shape index (κ2) is 9.91. The first-order chi connectivity index (χ1) is 13.5. The number of methoxy groups -OCH3 is 4. The number of hydrogen-bond donors (Lipinski definition) is 2. The number of benzene rings is 2. The third-order valence-electron chi connectivity index (χ3n) is 3.60. The lowest BCUT2D eigenvalue weighted by Gasteiger charge is -2.14. The van der Waals surface area contributed by atoms with Gasteiger partial charge in [-0.2, -0.15) is 0 Å². The highest BCUT2D eigenvalue weighted by Crippen LogP contribution is 2.39. The fourth-order valence-corrected chi connectivity index (χ4v) is 2.30. The molecule has 9 nitrogen and oxygen atoms in total. The fraction of sp³-hybridized carbons (Fsp3) is 0.263. The number of nitrogens with one attached hydrogen (secondary N) is 2. The molecule has 2 N–H and O–H groups in total. The van der Waals surface area contributed by atoms with Crippen molar-refractivity contribution < 1.29 is 33.3 Å². The first kappa shape index (κ1) is 20.7. The molecule has 2 rings (SSSR count). The number of ether oxygens (including phenoxy) is 5. The van der Waals surface area contributed by atoms with Gasteiger partial charge in [0.05, 0.1) is 28.4 Å². The SMILES string of the molecule is COC(=O)Nc1ccc(OCC(=O)Nc2cc(OC)c(OC)c(OC)c2)cc1. The van der Waals surface area contributed by atoms with Crippen LogP contribution in [0.3, 0.4) is 0 Å². The van der Waals surface area contributed by atoms with Gasteiger partial charge in [0.1, 0.15) is 5.75 Å². The van der Waals surface area contributed by atoms with Crippen LogP contribution in [0, 0.1) is 0 Å².